The summed E-state index contributed by atoms with van der Waals surface area (Å²) in [5.41, 5.74) is 1.78. The number of fused-ring (bicyclic) bond motifs is 1. The number of carbonyl (C=O) groups excluding carboxylic acids is 1. The van der Waals surface area contributed by atoms with Gasteiger partial charge in [0.25, 0.3) is 0 Å². The van der Waals surface area contributed by atoms with Gasteiger partial charge in [0, 0.05) is 25.7 Å². The van der Waals surface area contributed by atoms with E-state index in [-0.39, 0.29) is 23.9 Å². The van der Waals surface area contributed by atoms with E-state index in [0.717, 1.165) is 29.4 Å². The lowest BCUT2D eigenvalue weighted by molar-refractivity contribution is -0.120. The summed E-state index contributed by atoms with van der Waals surface area (Å²) in [5, 5.41) is 3.68. The molecule has 1 amide bonds. The normalized spacial score (nSPS) is 19.1. The van der Waals surface area contributed by atoms with Crippen molar-refractivity contribution in [3.05, 3.63) is 54.2 Å². The smallest absolute Gasteiger partial charge is 0.226 e. The van der Waals surface area contributed by atoms with Crippen LogP contribution in [0.2, 0.25) is 0 Å². The van der Waals surface area contributed by atoms with Crippen LogP contribution < -0.4 is 10.1 Å². The minimum atomic E-state index is -0.245. The molecule has 1 aliphatic carbocycles. The maximum absolute atomic E-state index is 13.1. The second-order valence-corrected chi connectivity index (χ2v) is 8.19. The fraction of sp³-hybridized carbons (Fsp3) is 0.435. The first-order valence-electron chi connectivity index (χ1n) is 10.5. The van der Waals surface area contributed by atoms with Gasteiger partial charge >= 0.3 is 0 Å². The van der Waals surface area contributed by atoms with Crippen LogP contribution >= 0.6 is 0 Å². The number of hydrogen-bond donors (Lipinski definition) is 1. The molecular weight excluding hydrogens is 399 g/mol. The van der Waals surface area contributed by atoms with E-state index in [1.165, 1.54) is 25.4 Å². The number of nitrogens with zero attached hydrogens (tertiary/aromatic N) is 3. The second-order valence-electron chi connectivity index (χ2n) is 8.19. The van der Waals surface area contributed by atoms with Gasteiger partial charge < -0.3 is 19.4 Å². The highest BCUT2D eigenvalue weighted by molar-refractivity contribution is 5.81. The monoisotopic (exact) mass is 426 g/mol. The van der Waals surface area contributed by atoms with Crippen molar-refractivity contribution in [2.24, 2.45) is 5.92 Å². The number of rotatable bonds is 9. The molecule has 0 spiro atoms. The van der Waals surface area contributed by atoms with Gasteiger partial charge in [-0.05, 0) is 49.4 Å². The zero-order valence-electron chi connectivity index (χ0n) is 17.8. The average Bonchev–Trinajstić information content (AvgIpc) is 3.11. The molecule has 7 nitrogen and oxygen atoms in total. The Bertz CT molecular complexity index is 1030. The van der Waals surface area contributed by atoms with E-state index in [1.54, 1.807) is 12.1 Å². The lowest BCUT2D eigenvalue weighted by atomic mass is 9.83. The van der Waals surface area contributed by atoms with Gasteiger partial charge in [0.15, 0.2) is 0 Å². The molecule has 1 saturated carbocycles. The van der Waals surface area contributed by atoms with Gasteiger partial charge in [-0.3, -0.25) is 4.79 Å². The Hall–Kier alpha value is -3.00. The average molecular weight is 426 g/mol. The summed E-state index contributed by atoms with van der Waals surface area (Å²) in [6.45, 7) is 5.14. The van der Waals surface area contributed by atoms with Gasteiger partial charge in [0.05, 0.1) is 24.7 Å². The summed E-state index contributed by atoms with van der Waals surface area (Å²) in [4.78, 5) is 19.7. The fourth-order valence-electron chi connectivity index (χ4n) is 3.82. The molecule has 1 N–H and O–H groups in total. The molecular formula is C23H27FN4O3. The third kappa shape index (κ3) is 5.38. The predicted octanol–water partition coefficient (Wildman–Crippen LogP) is 3.32. The van der Waals surface area contributed by atoms with Gasteiger partial charge in [0.1, 0.15) is 17.8 Å². The molecule has 3 aromatic rings. The van der Waals surface area contributed by atoms with Crippen LogP contribution in [0.1, 0.15) is 32.3 Å². The van der Waals surface area contributed by atoms with Crippen LogP contribution in [0.3, 0.4) is 0 Å². The Labute approximate surface area is 180 Å². The van der Waals surface area contributed by atoms with E-state index < -0.39 is 0 Å². The summed E-state index contributed by atoms with van der Waals surface area (Å²) < 4.78 is 27.0. The molecule has 0 saturated heterocycles. The van der Waals surface area contributed by atoms with Gasteiger partial charge in [-0.1, -0.05) is 12.1 Å². The fourth-order valence-corrected chi connectivity index (χ4v) is 3.82. The van der Waals surface area contributed by atoms with E-state index in [0.29, 0.717) is 31.6 Å². The summed E-state index contributed by atoms with van der Waals surface area (Å²) in [7, 11) is 0. The summed E-state index contributed by atoms with van der Waals surface area (Å²) >= 11 is 0. The third-order valence-corrected chi connectivity index (χ3v) is 5.47. The minimum Gasteiger partial charge on any atom is -0.477 e. The molecule has 0 unspecified atom stereocenters. The molecule has 4 rings (SSSR count). The quantitative estimate of drug-likeness (QED) is 0.568. The minimum absolute atomic E-state index is 0.0149. The highest BCUT2D eigenvalue weighted by Gasteiger charge is 2.31. The molecule has 31 heavy (non-hydrogen) atoms. The molecule has 0 radical (unpaired) electrons. The standard InChI is InChI=1S/C23H27FN4O3/c1-15(27-16(2)29)12-30-20-9-18(10-20)13-31-23-21-7-8-28(22(21)25-14-26-23)11-17-3-5-19(24)6-4-17/h3-8,14-15,18,20H,9-13H2,1-2H3,(H,27,29)/t15-,18?,20?/m0/s1. The molecule has 0 bridgehead atoms. The number of ether oxygens (including phenoxy) is 2. The van der Waals surface area contributed by atoms with Crippen molar-refractivity contribution >= 4 is 16.9 Å². The summed E-state index contributed by atoms with van der Waals surface area (Å²) in [6, 6.07) is 8.42. The van der Waals surface area contributed by atoms with Crippen LogP contribution in [0.25, 0.3) is 11.0 Å². The molecule has 1 fully saturated rings. The van der Waals surface area contributed by atoms with Crippen molar-refractivity contribution in [3.8, 4) is 5.88 Å². The number of carbonyl (C=O) groups is 1. The van der Waals surface area contributed by atoms with E-state index in [9.17, 15) is 9.18 Å². The van der Waals surface area contributed by atoms with Crippen LogP contribution in [0.15, 0.2) is 42.9 Å². The highest BCUT2D eigenvalue weighted by Crippen LogP contribution is 2.31. The summed E-state index contributed by atoms with van der Waals surface area (Å²) in [6.07, 6.45) is 5.54. The lowest BCUT2D eigenvalue weighted by Gasteiger charge is -2.35. The molecule has 1 atom stereocenters. The molecule has 2 aromatic heterocycles. The van der Waals surface area contributed by atoms with Gasteiger partial charge in [-0.25, -0.2) is 14.4 Å². The molecule has 1 aliphatic rings. The summed E-state index contributed by atoms with van der Waals surface area (Å²) in [5.74, 6) is 0.711. The van der Waals surface area contributed by atoms with Crippen molar-refractivity contribution in [3.63, 3.8) is 0 Å². The van der Waals surface area contributed by atoms with Crippen LogP contribution in [0.5, 0.6) is 5.88 Å². The molecule has 8 heteroatoms. The van der Waals surface area contributed by atoms with Crippen molar-refractivity contribution in [1.29, 1.82) is 0 Å². The number of halogens is 1. The number of benzene rings is 1. The Balaban J connectivity index is 1.28. The lowest BCUT2D eigenvalue weighted by Crippen LogP contribution is -2.40. The van der Waals surface area contributed by atoms with Gasteiger partial charge in [-0.15, -0.1) is 0 Å². The molecule has 2 heterocycles. The Morgan fingerprint density at radius 3 is 2.77 bits per heavy atom. The first-order chi connectivity index (χ1) is 15.0. The van der Waals surface area contributed by atoms with E-state index >= 15 is 0 Å². The Morgan fingerprint density at radius 2 is 2.03 bits per heavy atom. The largest absolute Gasteiger partial charge is 0.477 e. The van der Waals surface area contributed by atoms with Crippen molar-refractivity contribution in [2.75, 3.05) is 13.2 Å². The van der Waals surface area contributed by atoms with Gasteiger partial charge in [-0.2, -0.15) is 0 Å². The highest BCUT2D eigenvalue weighted by atomic mass is 19.1. The maximum Gasteiger partial charge on any atom is 0.226 e. The predicted molar refractivity (Wildman–Crippen MR) is 114 cm³/mol. The first kappa shape index (κ1) is 21.2. The van der Waals surface area contributed by atoms with Crippen molar-refractivity contribution in [1.82, 2.24) is 19.9 Å². The molecule has 0 aliphatic heterocycles. The first-order valence-corrected chi connectivity index (χ1v) is 10.5. The number of aromatic nitrogens is 3. The van der Waals surface area contributed by atoms with Crippen molar-refractivity contribution in [2.45, 2.75) is 45.4 Å². The topological polar surface area (TPSA) is 78.3 Å². The van der Waals surface area contributed by atoms with Crippen LogP contribution in [-0.2, 0) is 16.1 Å². The van der Waals surface area contributed by atoms with Crippen LogP contribution in [-0.4, -0.2) is 45.8 Å². The van der Waals surface area contributed by atoms with E-state index in [4.69, 9.17) is 9.47 Å². The number of nitrogens with one attached hydrogen (secondary N) is 1. The van der Waals surface area contributed by atoms with E-state index in [2.05, 4.69) is 15.3 Å². The Kier molecular flexibility index (Phi) is 6.46. The number of hydrogen-bond acceptors (Lipinski definition) is 5. The zero-order chi connectivity index (χ0) is 21.8. The van der Waals surface area contributed by atoms with E-state index in [1.807, 2.05) is 23.8 Å². The zero-order valence-corrected chi connectivity index (χ0v) is 17.8. The van der Waals surface area contributed by atoms with Crippen LogP contribution in [0, 0.1) is 11.7 Å². The SMILES string of the molecule is CC(=O)N[C@@H](C)COC1CC(COc2ncnc3c2ccn3Cc2ccc(F)cc2)C1. The van der Waals surface area contributed by atoms with Crippen molar-refractivity contribution < 1.29 is 18.7 Å². The van der Waals surface area contributed by atoms with Crippen LogP contribution in [0.4, 0.5) is 4.39 Å². The Morgan fingerprint density at radius 1 is 1.26 bits per heavy atom. The second kappa shape index (κ2) is 9.43. The maximum atomic E-state index is 13.1. The third-order valence-electron chi connectivity index (χ3n) is 5.47. The van der Waals surface area contributed by atoms with Gasteiger partial charge in [0.2, 0.25) is 11.8 Å². The molecule has 1 aromatic carbocycles. The number of amides is 1. The molecule has 164 valence electrons.